The molecular weight excluding hydrogens is 286 g/mol. The topological polar surface area (TPSA) is 82.9 Å². The summed E-state index contributed by atoms with van der Waals surface area (Å²) in [6, 6.07) is 18.6. The summed E-state index contributed by atoms with van der Waals surface area (Å²) >= 11 is 0. The number of anilines is 1. The number of phenols is 1. The van der Waals surface area contributed by atoms with Crippen LogP contribution in [0.2, 0.25) is 0 Å². The number of rotatable bonds is 2. The van der Waals surface area contributed by atoms with Gasteiger partial charge in [0.25, 0.3) is 0 Å². The number of hydrogen-bond acceptors (Lipinski definition) is 4. The van der Waals surface area contributed by atoms with E-state index in [9.17, 15) is 10.4 Å². The van der Waals surface area contributed by atoms with Crippen molar-refractivity contribution < 1.29 is 5.11 Å². The van der Waals surface area contributed by atoms with Crippen LogP contribution < -0.4 is 5.73 Å². The Kier molecular flexibility index (Phi) is 3.70. The lowest BCUT2D eigenvalue weighted by Crippen LogP contribution is -2.00. The van der Waals surface area contributed by atoms with Crippen LogP contribution in [0.15, 0.2) is 54.6 Å². The number of pyridine rings is 1. The third-order valence-corrected chi connectivity index (χ3v) is 3.70. The number of aromatic nitrogens is 1. The van der Waals surface area contributed by atoms with Gasteiger partial charge in [0.2, 0.25) is 0 Å². The lowest BCUT2D eigenvalue weighted by atomic mass is 9.97. The molecule has 0 saturated heterocycles. The SMILES string of the molecule is Cc1ccc(-c2cc(-c3ccccc3O)c(C#N)c(N)n2)cc1. The Bertz CT molecular complexity index is 909. The minimum atomic E-state index is 0.101. The van der Waals surface area contributed by atoms with Gasteiger partial charge in [0.1, 0.15) is 23.2 Å². The van der Waals surface area contributed by atoms with Crippen LogP contribution in [0, 0.1) is 18.3 Å². The molecule has 2 aromatic carbocycles. The van der Waals surface area contributed by atoms with Gasteiger partial charge in [0.05, 0.1) is 5.69 Å². The summed E-state index contributed by atoms with van der Waals surface area (Å²) in [6.45, 7) is 2.01. The van der Waals surface area contributed by atoms with Crippen molar-refractivity contribution in [3.05, 3.63) is 65.7 Å². The molecule has 3 aromatic rings. The third-order valence-electron chi connectivity index (χ3n) is 3.70. The molecule has 0 amide bonds. The highest BCUT2D eigenvalue weighted by molar-refractivity contribution is 5.82. The predicted molar refractivity (Wildman–Crippen MR) is 90.6 cm³/mol. The number of nitrogen functional groups attached to an aromatic ring is 1. The molecule has 3 N–H and O–H groups in total. The van der Waals surface area contributed by atoms with Crippen molar-refractivity contribution in [3.8, 4) is 34.2 Å². The largest absolute Gasteiger partial charge is 0.507 e. The van der Waals surface area contributed by atoms with Crippen LogP contribution in [-0.4, -0.2) is 10.1 Å². The van der Waals surface area contributed by atoms with Crippen molar-refractivity contribution in [2.75, 3.05) is 5.73 Å². The van der Waals surface area contributed by atoms with Crippen molar-refractivity contribution in [3.63, 3.8) is 0 Å². The molecule has 0 spiro atoms. The fraction of sp³-hybridized carbons (Fsp3) is 0.0526. The maximum absolute atomic E-state index is 10.1. The average molecular weight is 301 g/mol. The highest BCUT2D eigenvalue weighted by Gasteiger charge is 2.15. The van der Waals surface area contributed by atoms with E-state index in [1.54, 1.807) is 30.3 Å². The molecule has 0 bridgehead atoms. The van der Waals surface area contributed by atoms with E-state index >= 15 is 0 Å². The lowest BCUT2D eigenvalue weighted by molar-refractivity contribution is 0.477. The monoisotopic (exact) mass is 301 g/mol. The van der Waals surface area contributed by atoms with Crippen LogP contribution in [0.1, 0.15) is 11.1 Å². The second-order valence-corrected chi connectivity index (χ2v) is 5.31. The van der Waals surface area contributed by atoms with E-state index < -0.39 is 0 Å². The van der Waals surface area contributed by atoms with Crippen LogP contribution in [0.3, 0.4) is 0 Å². The summed E-state index contributed by atoms with van der Waals surface area (Å²) in [4.78, 5) is 4.33. The van der Waals surface area contributed by atoms with Gasteiger partial charge >= 0.3 is 0 Å². The van der Waals surface area contributed by atoms with Gasteiger partial charge in [0.15, 0.2) is 0 Å². The van der Waals surface area contributed by atoms with Gasteiger partial charge in [-0.25, -0.2) is 4.98 Å². The first-order chi connectivity index (χ1) is 11.1. The number of hydrogen-bond donors (Lipinski definition) is 2. The molecule has 0 aliphatic heterocycles. The Hall–Kier alpha value is -3.32. The molecule has 23 heavy (non-hydrogen) atoms. The molecule has 0 aliphatic rings. The third kappa shape index (κ3) is 2.72. The fourth-order valence-corrected chi connectivity index (χ4v) is 2.47. The molecule has 0 atom stereocenters. The van der Waals surface area contributed by atoms with Gasteiger partial charge in [-0.05, 0) is 19.1 Å². The number of aryl methyl sites for hydroxylation is 1. The van der Waals surface area contributed by atoms with Crippen molar-refractivity contribution in [2.45, 2.75) is 6.92 Å². The first-order valence-corrected chi connectivity index (χ1v) is 7.16. The lowest BCUT2D eigenvalue weighted by Gasteiger charge is -2.11. The zero-order valence-corrected chi connectivity index (χ0v) is 12.6. The number of phenolic OH excluding ortho intramolecular Hbond substituents is 1. The number of nitriles is 1. The summed E-state index contributed by atoms with van der Waals surface area (Å²) in [5.41, 5.74) is 10.1. The maximum atomic E-state index is 10.1. The second kappa shape index (κ2) is 5.82. The molecular formula is C19H15N3O. The highest BCUT2D eigenvalue weighted by Crippen LogP contribution is 2.35. The fourth-order valence-electron chi connectivity index (χ4n) is 2.47. The Morgan fingerprint density at radius 3 is 2.39 bits per heavy atom. The molecule has 0 aliphatic carbocycles. The quantitative estimate of drug-likeness (QED) is 0.752. The van der Waals surface area contributed by atoms with E-state index in [1.807, 2.05) is 31.2 Å². The maximum Gasteiger partial charge on any atom is 0.142 e. The number of nitrogens with two attached hydrogens (primary N) is 1. The zero-order chi connectivity index (χ0) is 16.4. The Morgan fingerprint density at radius 1 is 1.04 bits per heavy atom. The minimum absolute atomic E-state index is 0.101. The van der Waals surface area contributed by atoms with E-state index in [2.05, 4.69) is 11.1 Å². The number of aromatic hydroxyl groups is 1. The first-order valence-electron chi connectivity index (χ1n) is 7.16. The molecule has 0 fully saturated rings. The molecule has 0 saturated carbocycles. The van der Waals surface area contributed by atoms with Crippen LogP contribution >= 0.6 is 0 Å². The second-order valence-electron chi connectivity index (χ2n) is 5.31. The van der Waals surface area contributed by atoms with Gasteiger partial charge in [-0.3, -0.25) is 0 Å². The highest BCUT2D eigenvalue weighted by atomic mass is 16.3. The van der Waals surface area contributed by atoms with E-state index in [-0.39, 0.29) is 17.1 Å². The van der Waals surface area contributed by atoms with Crippen LogP contribution in [0.5, 0.6) is 5.75 Å². The Labute approximate surface area is 134 Å². The van der Waals surface area contributed by atoms with E-state index in [0.29, 0.717) is 16.8 Å². The van der Waals surface area contributed by atoms with Gasteiger partial charge in [-0.15, -0.1) is 0 Å². The zero-order valence-electron chi connectivity index (χ0n) is 12.6. The van der Waals surface area contributed by atoms with Crippen LogP contribution in [0.25, 0.3) is 22.4 Å². The predicted octanol–water partition coefficient (Wildman–Crippen LogP) is 3.88. The van der Waals surface area contributed by atoms with Crippen molar-refractivity contribution in [1.82, 2.24) is 4.98 Å². The van der Waals surface area contributed by atoms with Gasteiger partial charge < -0.3 is 10.8 Å². The van der Waals surface area contributed by atoms with Gasteiger partial charge in [-0.2, -0.15) is 5.26 Å². The Morgan fingerprint density at radius 2 is 1.74 bits per heavy atom. The van der Waals surface area contributed by atoms with Crippen molar-refractivity contribution in [2.24, 2.45) is 0 Å². The minimum Gasteiger partial charge on any atom is -0.507 e. The van der Waals surface area contributed by atoms with E-state index in [4.69, 9.17) is 5.73 Å². The molecule has 112 valence electrons. The number of para-hydroxylation sites is 1. The smallest absolute Gasteiger partial charge is 0.142 e. The summed E-state index contributed by atoms with van der Waals surface area (Å²) in [7, 11) is 0. The molecule has 0 radical (unpaired) electrons. The summed E-state index contributed by atoms with van der Waals surface area (Å²) in [6.07, 6.45) is 0. The molecule has 3 rings (SSSR count). The molecule has 4 nitrogen and oxygen atoms in total. The number of nitrogens with zero attached hydrogens (tertiary/aromatic N) is 2. The standard InChI is InChI=1S/C19H15N3O/c1-12-6-8-13(9-7-12)17-10-15(16(11-20)19(21)22-17)14-4-2-3-5-18(14)23/h2-10,23H,1H3,(H2,21,22). The van der Waals surface area contributed by atoms with Gasteiger partial charge in [0, 0.05) is 16.7 Å². The van der Waals surface area contributed by atoms with Gasteiger partial charge in [-0.1, -0.05) is 48.0 Å². The summed E-state index contributed by atoms with van der Waals surface area (Å²) in [5.74, 6) is 0.258. The summed E-state index contributed by atoms with van der Waals surface area (Å²) < 4.78 is 0. The van der Waals surface area contributed by atoms with E-state index in [1.165, 1.54) is 0 Å². The number of benzene rings is 2. The molecule has 0 unspecified atom stereocenters. The normalized spacial score (nSPS) is 10.3. The molecule has 4 heteroatoms. The summed E-state index contributed by atoms with van der Waals surface area (Å²) in [5, 5.41) is 19.5. The first kappa shape index (κ1) is 14.6. The van der Waals surface area contributed by atoms with Crippen molar-refractivity contribution >= 4 is 5.82 Å². The van der Waals surface area contributed by atoms with E-state index in [0.717, 1.165) is 11.1 Å². The Balaban J connectivity index is 2.25. The van der Waals surface area contributed by atoms with Crippen LogP contribution in [0.4, 0.5) is 5.82 Å². The van der Waals surface area contributed by atoms with Crippen LogP contribution in [-0.2, 0) is 0 Å². The van der Waals surface area contributed by atoms with Crippen molar-refractivity contribution in [1.29, 1.82) is 5.26 Å². The molecule has 1 heterocycles. The average Bonchev–Trinajstić information content (AvgIpc) is 2.55. The molecule has 1 aromatic heterocycles.